The highest BCUT2D eigenvalue weighted by Gasteiger charge is 2.27. The lowest BCUT2D eigenvalue weighted by molar-refractivity contribution is 0.0628. The summed E-state index contributed by atoms with van der Waals surface area (Å²) in [6.07, 6.45) is 6.32. The fraction of sp³-hybridized carbons (Fsp3) is 0.588. The van der Waals surface area contributed by atoms with Crippen molar-refractivity contribution >= 4 is 5.91 Å². The van der Waals surface area contributed by atoms with Gasteiger partial charge in [0.2, 0.25) is 0 Å². The van der Waals surface area contributed by atoms with Gasteiger partial charge in [-0.25, -0.2) is 4.39 Å². The molecule has 0 aromatic heterocycles. The minimum absolute atomic E-state index is 0.184. The van der Waals surface area contributed by atoms with Crippen molar-refractivity contribution in [1.82, 2.24) is 4.90 Å². The quantitative estimate of drug-likeness (QED) is 0.905. The first kappa shape index (κ1) is 16.0. The molecule has 0 radical (unpaired) electrons. The van der Waals surface area contributed by atoms with Gasteiger partial charge in [0.1, 0.15) is 5.82 Å². The molecule has 1 aliphatic carbocycles. The molecule has 1 amide bonds. The van der Waals surface area contributed by atoms with Crippen LogP contribution in [0.3, 0.4) is 0 Å². The van der Waals surface area contributed by atoms with E-state index in [0.29, 0.717) is 13.1 Å². The molecule has 21 heavy (non-hydrogen) atoms. The van der Waals surface area contributed by atoms with Crippen molar-refractivity contribution < 1.29 is 9.18 Å². The third-order valence-electron chi connectivity index (χ3n) is 4.23. The summed E-state index contributed by atoms with van der Waals surface area (Å²) in [7, 11) is 0. The Hall–Kier alpha value is -1.42. The lowest BCUT2D eigenvalue weighted by Gasteiger charge is -2.34. The molecule has 2 rings (SSSR count). The van der Waals surface area contributed by atoms with E-state index in [4.69, 9.17) is 5.73 Å². The highest BCUT2D eigenvalue weighted by Crippen LogP contribution is 2.25. The summed E-state index contributed by atoms with van der Waals surface area (Å²) in [5.41, 5.74) is 6.68. The maximum atomic E-state index is 14.0. The normalized spacial score (nSPS) is 16.0. The molecule has 2 N–H and O–H groups in total. The SMILES string of the molecule is Cc1ccc(F)c(C(=O)N(CCCN)C2CCCCC2)c1. The van der Waals surface area contributed by atoms with Crippen LogP contribution >= 0.6 is 0 Å². The molecule has 0 saturated heterocycles. The second kappa shape index (κ2) is 7.55. The van der Waals surface area contributed by atoms with Gasteiger partial charge in [-0.3, -0.25) is 4.79 Å². The van der Waals surface area contributed by atoms with Crippen molar-refractivity contribution in [2.24, 2.45) is 5.73 Å². The first-order valence-electron chi connectivity index (χ1n) is 7.90. The van der Waals surface area contributed by atoms with E-state index in [1.165, 1.54) is 12.5 Å². The Kier molecular flexibility index (Phi) is 5.74. The van der Waals surface area contributed by atoms with Crippen LogP contribution < -0.4 is 5.73 Å². The Morgan fingerprint density at radius 2 is 2.05 bits per heavy atom. The van der Waals surface area contributed by atoms with Gasteiger partial charge >= 0.3 is 0 Å². The van der Waals surface area contributed by atoms with Gasteiger partial charge in [-0.2, -0.15) is 0 Å². The van der Waals surface area contributed by atoms with Gasteiger partial charge in [-0.05, 0) is 44.9 Å². The summed E-state index contributed by atoms with van der Waals surface area (Å²) in [5, 5.41) is 0. The molecule has 0 atom stereocenters. The minimum atomic E-state index is -0.431. The van der Waals surface area contributed by atoms with Gasteiger partial charge in [0.05, 0.1) is 5.56 Å². The van der Waals surface area contributed by atoms with Crippen molar-refractivity contribution in [3.8, 4) is 0 Å². The summed E-state index contributed by atoms with van der Waals surface area (Å²) in [5.74, 6) is -0.615. The van der Waals surface area contributed by atoms with E-state index in [0.717, 1.165) is 37.7 Å². The fourth-order valence-electron chi connectivity index (χ4n) is 3.06. The number of hydrogen-bond acceptors (Lipinski definition) is 2. The number of rotatable bonds is 5. The van der Waals surface area contributed by atoms with Crippen molar-refractivity contribution in [2.75, 3.05) is 13.1 Å². The predicted molar refractivity (Wildman–Crippen MR) is 82.7 cm³/mol. The summed E-state index contributed by atoms with van der Waals surface area (Å²) in [6.45, 7) is 3.04. The molecular weight excluding hydrogens is 267 g/mol. The summed E-state index contributed by atoms with van der Waals surface area (Å²) in [4.78, 5) is 14.6. The third-order valence-corrected chi connectivity index (χ3v) is 4.23. The van der Waals surface area contributed by atoms with Crippen LogP contribution in [0.4, 0.5) is 4.39 Å². The Morgan fingerprint density at radius 3 is 2.71 bits per heavy atom. The van der Waals surface area contributed by atoms with Crippen LogP contribution in [0.2, 0.25) is 0 Å². The van der Waals surface area contributed by atoms with Gasteiger partial charge in [0.15, 0.2) is 0 Å². The van der Waals surface area contributed by atoms with Crippen molar-refractivity contribution in [2.45, 2.75) is 51.5 Å². The number of aryl methyl sites for hydroxylation is 1. The summed E-state index contributed by atoms with van der Waals surface area (Å²) >= 11 is 0. The lowest BCUT2D eigenvalue weighted by atomic mass is 9.93. The van der Waals surface area contributed by atoms with E-state index < -0.39 is 5.82 Å². The molecule has 3 nitrogen and oxygen atoms in total. The zero-order chi connectivity index (χ0) is 15.2. The molecule has 1 aromatic carbocycles. The number of nitrogens with zero attached hydrogens (tertiary/aromatic N) is 1. The van der Waals surface area contributed by atoms with Crippen LogP contribution in [0.25, 0.3) is 0 Å². The lowest BCUT2D eigenvalue weighted by Crippen LogP contribution is -2.43. The van der Waals surface area contributed by atoms with Crippen LogP contribution in [-0.4, -0.2) is 29.9 Å². The number of carbonyl (C=O) groups is 1. The van der Waals surface area contributed by atoms with Crippen LogP contribution in [-0.2, 0) is 0 Å². The monoisotopic (exact) mass is 292 g/mol. The van der Waals surface area contributed by atoms with Gasteiger partial charge in [-0.1, -0.05) is 30.9 Å². The number of carbonyl (C=O) groups excluding carboxylic acids is 1. The van der Waals surface area contributed by atoms with E-state index in [-0.39, 0.29) is 17.5 Å². The van der Waals surface area contributed by atoms with Gasteiger partial charge in [0.25, 0.3) is 5.91 Å². The van der Waals surface area contributed by atoms with E-state index in [9.17, 15) is 9.18 Å². The fourth-order valence-corrected chi connectivity index (χ4v) is 3.06. The third kappa shape index (κ3) is 4.03. The van der Waals surface area contributed by atoms with Gasteiger partial charge < -0.3 is 10.6 Å². The molecule has 4 heteroatoms. The molecule has 0 aliphatic heterocycles. The minimum Gasteiger partial charge on any atom is -0.336 e. The van der Waals surface area contributed by atoms with Crippen LogP contribution in [0.1, 0.15) is 54.4 Å². The zero-order valence-electron chi connectivity index (χ0n) is 12.8. The molecular formula is C17H25FN2O. The molecule has 0 bridgehead atoms. The highest BCUT2D eigenvalue weighted by atomic mass is 19.1. The largest absolute Gasteiger partial charge is 0.336 e. The Morgan fingerprint density at radius 1 is 1.33 bits per heavy atom. The van der Waals surface area contributed by atoms with Gasteiger partial charge in [0, 0.05) is 12.6 Å². The van der Waals surface area contributed by atoms with Crippen LogP contribution in [0, 0.1) is 12.7 Å². The van der Waals surface area contributed by atoms with E-state index >= 15 is 0 Å². The topological polar surface area (TPSA) is 46.3 Å². The zero-order valence-corrected chi connectivity index (χ0v) is 12.8. The van der Waals surface area contributed by atoms with Crippen LogP contribution in [0.5, 0.6) is 0 Å². The molecule has 0 spiro atoms. The average molecular weight is 292 g/mol. The molecule has 0 heterocycles. The number of halogens is 1. The van der Waals surface area contributed by atoms with Crippen LogP contribution in [0.15, 0.2) is 18.2 Å². The Bertz CT molecular complexity index is 484. The van der Waals surface area contributed by atoms with Crippen molar-refractivity contribution in [3.63, 3.8) is 0 Å². The maximum absolute atomic E-state index is 14.0. The first-order chi connectivity index (χ1) is 10.1. The number of amides is 1. The standard InChI is InChI=1S/C17H25FN2O/c1-13-8-9-16(18)15(12-13)17(21)20(11-5-10-19)14-6-3-2-4-7-14/h8-9,12,14H,2-7,10-11,19H2,1H3. The summed E-state index contributed by atoms with van der Waals surface area (Å²) < 4.78 is 14.0. The maximum Gasteiger partial charge on any atom is 0.257 e. The Balaban J connectivity index is 2.21. The number of benzene rings is 1. The molecule has 1 saturated carbocycles. The molecule has 116 valence electrons. The summed E-state index contributed by atoms with van der Waals surface area (Å²) in [6, 6.07) is 4.95. The Labute approximate surface area is 126 Å². The molecule has 1 fully saturated rings. The van der Waals surface area contributed by atoms with E-state index in [2.05, 4.69) is 0 Å². The second-order valence-corrected chi connectivity index (χ2v) is 5.92. The van der Waals surface area contributed by atoms with Gasteiger partial charge in [-0.15, -0.1) is 0 Å². The molecule has 1 aromatic rings. The smallest absolute Gasteiger partial charge is 0.257 e. The number of nitrogens with two attached hydrogens (primary N) is 1. The predicted octanol–water partition coefficient (Wildman–Crippen LogP) is 3.26. The van der Waals surface area contributed by atoms with Crippen molar-refractivity contribution in [3.05, 3.63) is 35.1 Å². The first-order valence-corrected chi connectivity index (χ1v) is 7.90. The second-order valence-electron chi connectivity index (χ2n) is 5.92. The number of hydrogen-bond donors (Lipinski definition) is 1. The van der Waals surface area contributed by atoms with Crippen molar-refractivity contribution in [1.29, 1.82) is 0 Å². The van der Waals surface area contributed by atoms with E-state index in [1.54, 1.807) is 12.1 Å². The average Bonchev–Trinajstić information content (AvgIpc) is 2.51. The highest BCUT2D eigenvalue weighted by molar-refractivity contribution is 5.95. The molecule has 1 aliphatic rings. The molecule has 0 unspecified atom stereocenters. The van der Waals surface area contributed by atoms with E-state index in [1.807, 2.05) is 11.8 Å².